The van der Waals surface area contributed by atoms with Crippen LogP contribution in [0.4, 0.5) is 0 Å². The van der Waals surface area contributed by atoms with Gasteiger partial charge in [0.15, 0.2) is 0 Å². The Labute approximate surface area is 161 Å². The molecule has 1 aliphatic rings. The Kier molecular flexibility index (Phi) is 7.93. The van der Waals surface area contributed by atoms with Crippen molar-refractivity contribution >= 4 is 17.5 Å². The molecule has 27 heavy (non-hydrogen) atoms. The van der Waals surface area contributed by atoms with Crippen molar-refractivity contribution < 1.29 is 19.1 Å². The van der Waals surface area contributed by atoms with Crippen LogP contribution in [0.5, 0.6) is 0 Å². The SMILES string of the molecule is CC(C)[C@@H]1CC[C@@H](C)C[C@@H]1OC(=O)C(=[N+]=[N-])C(=O)CCCc1ccccc1. The minimum Gasteiger partial charge on any atom is -0.453 e. The molecule has 0 radical (unpaired) electrons. The molecule has 0 heterocycles. The number of benzene rings is 1. The van der Waals surface area contributed by atoms with Crippen molar-refractivity contribution in [1.82, 2.24) is 0 Å². The zero-order chi connectivity index (χ0) is 19.8. The molecule has 0 N–H and O–H groups in total. The molecular weight excluding hydrogens is 340 g/mol. The maximum absolute atomic E-state index is 12.5. The molecule has 0 aliphatic heterocycles. The van der Waals surface area contributed by atoms with Gasteiger partial charge < -0.3 is 10.3 Å². The van der Waals surface area contributed by atoms with E-state index in [1.165, 1.54) is 0 Å². The maximum Gasteiger partial charge on any atom is 0.441 e. The van der Waals surface area contributed by atoms with Gasteiger partial charge in [0, 0.05) is 6.42 Å². The van der Waals surface area contributed by atoms with Crippen LogP contribution < -0.4 is 0 Å². The van der Waals surface area contributed by atoms with Crippen molar-refractivity contribution in [3.05, 3.63) is 41.4 Å². The van der Waals surface area contributed by atoms with Crippen molar-refractivity contribution in [2.75, 3.05) is 0 Å². The Balaban J connectivity index is 1.92. The summed E-state index contributed by atoms with van der Waals surface area (Å²) in [7, 11) is 0. The molecule has 0 spiro atoms. The first-order chi connectivity index (χ1) is 12.9. The lowest BCUT2D eigenvalue weighted by Gasteiger charge is -2.36. The number of rotatable bonds is 8. The van der Waals surface area contributed by atoms with Crippen LogP contribution in [0.25, 0.3) is 5.53 Å². The molecule has 5 nitrogen and oxygen atoms in total. The lowest BCUT2D eigenvalue weighted by molar-refractivity contribution is -0.153. The molecule has 0 bridgehead atoms. The van der Waals surface area contributed by atoms with Gasteiger partial charge in [-0.15, -0.1) is 0 Å². The molecule has 1 fully saturated rings. The van der Waals surface area contributed by atoms with Crippen LogP contribution in [0.3, 0.4) is 0 Å². The third kappa shape index (κ3) is 6.14. The molecule has 0 unspecified atom stereocenters. The van der Waals surface area contributed by atoms with Crippen molar-refractivity contribution in [1.29, 1.82) is 0 Å². The third-order valence-corrected chi connectivity index (χ3v) is 5.49. The number of aryl methyl sites for hydroxylation is 1. The molecule has 146 valence electrons. The Bertz CT molecular complexity index is 693. The zero-order valence-electron chi connectivity index (χ0n) is 16.6. The second kappa shape index (κ2) is 10.2. The van der Waals surface area contributed by atoms with Crippen LogP contribution in [0, 0.1) is 17.8 Å². The first-order valence-electron chi connectivity index (χ1n) is 9.92. The number of nitrogens with zero attached hydrogens (tertiary/aromatic N) is 2. The van der Waals surface area contributed by atoms with Crippen molar-refractivity contribution in [2.45, 2.75) is 65.4 Å². The summed E-state index contributed by atoms with van der Waals surface area (Å²) in [6.45, 7) is 6.39. The summed E-state index contributed by atoms with van der Waals surface area (Å²) in [4.78, 5) is 27.8. The number of hydrogen-bond acceptors (Lipinski definition) is 3. The highest BCUT2D eigenvalue weighted by Crippen LogP contribution is 2.35. The number of carbonyl (C=O) groups is 2. The quantitative estimate of drug-likeness (QED) is 0.225. The highest BCUT2D eigenvalue weighted by molar-refractivity contribution is 6.62. The topological polar surface area (TPSA) is 79.8 Å². The van der Waals surface area contributed by atoms with Gasteiger partial charge in [-0.05, 0) is 49.0 Å². The predicted octanol–water partition coefficient (Wildman–Crippen LogP) is 4.25. The molecule has 0 saturated heterocycles. The Morgan fingerprint density at radius 3 is 2.56 bits per heavy atom. The van der Waals surface area contributed by atoms with Gasteiger partial charge in [0.1, 0.15) is 6.10 Å². The Hall–Kier alpha value is -2.26. The first-order valence-corrected chi connectivity index (χ1v) is 9.92. The van der Waals surface area contributed by atoms with E-state index in [4.69, 9.17) is 4.74 Å². The summed E-state index contributed by atoms with van der Waals surface area (Å²) in [5.41, 5.74) is 9.85. The van der Waals surface area contributed by atoms with Gasteiger partial charge in [-0.3, -0.25) is 4.79 Å². The fraction of sp³-hybridized carbons (Fsp3) is 0.591. The Morgan fingerprint density at radius 1 is 1.22 bits per heavy atom. The summed E-state index contributed by atoms with van der Waals surface area (Å²) in [6.07, 6.45) is 4.16. The van der Waals surface area contributed by atoms with Crippen molar-refractivity contribution in [2.24, 2.45) is 17.8 Å². The summed E-state index contributed by atoms with van der Waals surface area (Å²) in [5, 5.41) is 0. The first kappa shape index (κ1) is 21.0. The van der Waals surface area contributed by atoms with Gasteiger partial charge >= 0.3 is 11.7 Å². The largest absolute Gasteiger partial charge is 0.453 e. The van der Waals surface area contributed by atoms with E-state index < -0.39 is 17.5 Å². The second-order valence-electron chi connectivity index (χ2n) is 7.98. The summed E-state index contributed by atoms with van der Waals surface area (Å²) >= 11 is 0. The summed E-state index contributed by atoms with van der Waals surface area (Å²) in [5.74, 6) is -0.117. The van der Waals surface area contributed by atoms with Gasteiger partial charge in [0.25, 0.3) is 5.78 Å². The van der Waals surface area contributed by atoms with E-state index in [9.17, 15) is 15.1 Å². The van der Waals surface area contributed by atoms with E-state index in [1.54, 1.807) is 0 Å². The molecule has 1 saturated carbocycles. The Morgan fingerprint density at radius 2 is 1.93 bits per heavy atom. The highest BCUT2D eigenvalue weighted by Gasteiger charge is 2.38. The van der Waals surface area contributed by atoms with Crippen LogP contribution in [0.15, 0.2) is 30.3 Å². The lowest BCUT2D eigenvalue weighted by atomic mass is 9.75. The van der Waals surface area contributed by atoms with E-state index in [1.807, 2.05) is 30.3 Å². The second-order valence-corrected chi connectivity index (χ2v) is 7.98. The van der Waals surface area contributed by atoms with Gasteiger partial charge in [0.05, 0.1) is 0 Å². The zero-order valence-corrected chi connectivity index (χ0v) is 16.6. The van der Waals surface area contributed by atoms with Gasteiger partial charge in [-0.1, -0.05) is 57.5 Å². The minimum atomic E-state index is -0.799. The molecule has 0 aromatic heterocycles. The monoisotopic (exact) mass is 370 g/mol. The number of esters is 1. The number of Topliss-reactive ketones (excluding diaryl/α,β-unsaturated/α-hetero) is 1. The molecule has 5 heteroatoms. The summed E-state index contributed by atoms with van der Waals surface area (Å²) in [6, 6.07) is 9.83. The number of ether oxygens (including phenoxy) is 1. The van der Waals surface area contributed by atoms with Crippen LogP contribution in [-0.4, -0.2) is 28.4 Å². The van der Waals surface area contributed by atoms with E-state index in [2.05, 4.69) is 25.6 Å². The molecule has 3 atom stereocenters. The maximum atomic E-state index is 12.5. The summed E-state index contributed by atoms with van der Waals surface area (Å²) < 4.78 is 5.62. The number of carbonyl (C=O) groups excluding carboxylic acids is 2. The third-order valence-electron chi connectivity index (χ3n) is 5.49. The van der Waals surface area contributed by atoms with Crippen molar-refractivity contribution in [3.63, 3.8) is 0 Å². The van der Waals surface area contributed by atoms with E-state index in [-0.39, 0.29) is 18.4 Å². The van der Waals surface area contributed by atoms with Crippen LogP contribution >= 0.6 is 0 Å². The fourth-order valence-electron chi connectivity index (χ4n) is 3.87. The standard InChI is InChI=1S/C22H30N2O3/c1-15(2)18-13-12-16(3)14-20(18)27-22(26)21(24-23)19(25)11-7-10-17-8-5-4-6-9-17/h4-6,8-9,15-16,18,20H,7,10-14H2,1-3H3/t16-,18+,20+/m1/s1. The van der Waals surface area contributed by atoms with E-state index in [0.717, 1.165) is 31.2 Å². The average molecular weight is 370 g/mol. The lowest BCUT2D eigenvalue weighted by Crippen LogP contribution is -2.39. The fourth-order valence-corrected chi connectivity index (χ4v) is 3.87. The molecule has 1 aromatic rings. The van der Waals surface area contributed by atoms with Gasteiger partial charge in [0.2, 0.25) is 0 Å². The van der Waals surface area contributed by atoms with Crippen molar-refractivity contribution in [3.8, 4) is 0 Å². The molecule has 2 rings (SSSR count). The van der Waals surface area contributed by atoms with E-state index in [0.29, 0.717) is 18.3 Å². The average Bonchev–Trinajstić information content (AvgIpc) is 2.63. The molecule has 0 amide bonds. The van der Waals surface area contributed by atoms with Crippen LogP contribution in [0.1, 0.15) is 58.4 Å². The van der Waals surface area contributed by atoms with Gasteiger partial charge in [-0.25, -0.2) is 4.79 Å². The smallest absolute Gasteiger partial charge is 0.441 e. The number of ketones is 1. The molecule has 1 aromatic carbocycles. The van der Waals surface area contributed by atoms with E-state index >= 15 is 0 Å². The highest BCUT2D eigenvalue weighted by atomic mass is 16.5. The normalized spacial score (nSPS) is 22.1. The predicted molar refractivity (Wildman–Crippen MR) is 104 cm³/mol. The molecular formula is C22H30N2O3. The number of hydrogen-bond donors (Lipinski definition) is 0. The van der Waals surface area contributed by atoms with Crippen LogP contribution in [0.2, 0.25) is 0 Å². The van der Waals surface area contributed by atoms with Gasteiger partial charge in [-0.2, -0.15) is 4.79 Å². The van der Waals surface area contributed by atoms with Crippen LogP contribution in [-0.2, 0) is 20.7 Å². The molecule has 1 aliphatic carbocycles. The minimum absolute atomic E-state index is 0.151.